The molecule has 3 rings (SSSR count). The molecule has 1 aliphatic carbocycles. The van der Waals surface area contributed by atoms with Crippen molar-refractivity contribution in [1.82, 2.24) is 0 Å². The Morgan fingerprint density at radius 2 is 1.90 bits per heavy atom. The lowest BCUT2D eigenvalue weighted by atomic mass is 9.85. The lowest BCUT2D eigenvalue weighted by Crippen LogP contribution is -2.35. The number of benzene rings is 2. The zero-order valence-electron chi connectivity index (χ0n) is 11.1. The summed E-state index contributed by atoms with van der Waals surface area (Å²) in [6.07, 6.45) is 1.48. The van der Waals surface area contributed by atoms with Gasteiger partial charge in [-0.3, -0.25) is 0 Å². The number of methoxy groups -OCH3 is 1. The van der Waals surface area contributed by atoms with E-state index in [0.717, 1.165) is 23.6 Å². The molecule has 0 saturated carbocycles. The van der Waals surface area contributed by atoms with E-state index >= 15 is 0 Å². The maximum Gasteiger partial charge on any atom is 0.159 e. The summed E-state index contributed by atoms with van der Waals surface area (Å²) >= 11 is 0. The van der Waals surface area contributed by atoms with Crippen molar-refractivity contribution in [2.45, 2.75) is 18.4 Å². The van der Waals surface area contributed by atoms with Gasteiger partial charge in [-0.05, 0) is 53.8 Å². The van der Waals surface area contributed by atoms with Crippen LogP contribution in [-0.4, -0.2) is 7.11 Å². The highest BCUT2D eigenvalue weighted by Crippen LogP contribution is 2.41. The Morgan fingerprint density at radius 3 is 2.60 bits per heavy atom. The molecule has 1 atom stereocenters. The number of rotatable bonds is 2. The van der Waals surface area contributed by atoms with Gasteiger partial charge in [0.1, 0.15) is 5.75 Å². The van der Waals surface area contributed by atoms with Crippen LogP contribution in [0.15, 0.2) is 36.4 Å². The van der Waals surface area contributed by atoms with E-state index in [1.54, 1.807) is 13.2 Å². The van der Waals surface area contributed by atoms with Crippen LogP contribution >= 0.6 is 0 Å². The first-order chi connectivity index (χ1) is 9.54. The van der Waals surface area contributed by atoms with Crippen molar-refractivity contribution < 1.29 is 13.5 Å². The molecule has 0 aromatic heterocycles. The first-order valence-electron chi connectivity index (χ1n) is 6.46. The van der Waals surface area contributed by atoms with E-state index in [1.807, 2.05) is 18.2 Å². The normalized spacial score (nSPS) is 20.8. The Kier molecular flexibility index (Phi) is 2.98. The predicted octanol–water partition coefficient (Wildman–Crippen LogP) is 3.12. The molecular formula is C16H15F2NO. The van der Waals surface area contributed by atoms with Gasteiger partial charge in [-0.2, -0.15) is 0 Å². The van der Waals surface area contributed by atoms with Crippen LogP contribution in [0.4, 0.5) is 8.78 Å². The van der Waals surface area contributed by atoms with Gasteiger partial charge in [0.15, 0.2) is 11.6 Å². The van der Waals surface area contributed by atoms with Crippen molar-refractivity contribution in [2.24, 2.45) is 5.73 Å². The number of hydrogen-bond donors (Lipinski definition) is 1. The van der Waals surface area contributed by atoms with E-state index in [0.29, 0.717) is 17.7 Å². The van der Waals surface area contributed by atoms with Gasteiger partial charge < -0.3 is 10.5 Å². The number of hydrogen-bond acceptors (Lipinski definition) is 2. The molecule has 104 valence electrons. The molecule has 2 aromatic rings. The maximum atomic E-state index is 13.5. The molecular weight excluding hydrogens is 260 g/mol. The first kappa shape index (κ1) is 13.1. The summed E-state index contributed by atoms with van der Waals surface area (Å²) in [6, 6.07) is 9.59. The number of fused-ring (bicyclic) bond motifs is 1. The molecule has 1 unspecified atom stereocenters. The van der Waals surface area contributed by atoms with E-state index in [9.17, 15) is 8.78 Å². The molecule has 0 aliphatic heterocycles. The molecule has 1 aliphatic rings. The van der Waals surface area contributed by atoms with E-state index in [1.165, 1.54) is 6.07 Å². The molecule has 2 aromatic carbocycles. The number of ether oxygens (including phenoxy) is 1. The molecule has 0 saturated heterocycles. The van der Waals surface area contributed by atoms with Crippen molar-refractivity contribution in [3.05, 3.63) is 64.7 Å². The van der Waals surface area contributed by atoms with Crippen molar-refractivity contribution in [1.29, 1.82) is 0 Å². The van der Waals surface area contributed by atoms with Crippen LogP contribution < -0.4 is 10.5 Å². The third kappa shape index (κ3) is 1.88. The SMILES string of the molecule is COc1ccc2c(c1)C(N)(c1ccc(F)c(F)c1)CC2. The predicted molar refractivity (Wildman–Crippen MR) is 72.6 cm³/mol. The minimum atomic E-state index is -0.872. The van der Waals surface area contributed by atoms with Gasteiger partial charge in [-0.1, -0.05) is 12.1 Å². The molecule has 0 spiro atoms. The van der Waals surface area contributed by atoms with Gasteiger partial charge in [0.25, 0.3) is 0 Å². The Hall–Kier alpha value is -1.94. The highest BCUT2D eigenvalue weighted by atomic mass is 19.2. The lowest BCUT2D eigenvalue weighted by Gasteiger charge is -2.26. The van der Waals surface area contributed by atoms with Gasteiger partial charge >= 0.3 is 0 Å². The highest BCUT2D eigenvalue weighted by Gasteiger charge is 2.37. The van der Waals surface area contributed by atoms with E-state index in [4.69, 9.17) is 10.5 Å². The van der Waals surface area contributed by atoms with Crippen molar-refractivity contribution in [3.63, 3.8) is 0 Å². The Balaban J connectivity index is 2.13. The summed E-state index contributed by atoms with van der Waals surface area (Å²) in [5, 5.41) is 0. The summed E-state index contributed by atoms with van der Waals surface area (Å²) in [7, 11) is 1.59. The minimum Gasteiger partial charge on any atom is -0.497 e. The molecule has 0 amide bonds. The van der Waals surface area contributed by atoms with Crippen LogP contribution in [0, 0.1) is 11.6 Å². The zero-order valence-corrected chi connectivity index (χ0v) is 11.1. The summed E-state index contributed by atoms with van der Waals surface area (Å²) in [6.45, 7) is 0. The Bertz CT molecular complexity index is 672. The van der Waals surface area contributed by atoms with Crippen molar-refractivity contribution in [2.75, 3.05) is 7.11 Å². The van der Waals surface area contributed by atoms with Gasteiger partial charge in [0, 0.05) is 0 Å². The van der Waals surface area contributed by atoms with Gasteiger partial charge in [0.2, 0.25) is 0 Å². The van der Waals surface area contributed by atoms with E-state index in [-0.39, 0.29) is 0 Å². The molecule has 0 radical (unpaired) electrons. The molecule has 0 fully saturated rings. The minimum absolute atomic E-state index is 0.586. The second kappa shape index (κ2) is 4.56. The largest absolute Gasteiger partial charge is 0.497 e. The van der Waals surface area contributed by atoms with Crippen LogP contribution in [0.2, 0.25) is 0 Å². The third-order valence-electron chi connectivity index (χ3n) is 4.02. The van der Waals surface area contributed by atoms with Crippen molar-refractivity contribution >= 4 is 0 Å². The van der Waals surface area contributed by atoms with Crippen LogP contribution in [0.25, 0.3) is 0 Å². The first-order valence-corrected chi connectivity index (χ1v) is 6.46. The zero-order chi connectivity index (χ0) is 14.3. The summed E-state index contributed by atoms with van der Waals surface area (Å²) in [5.41, 5.74) is 8.33. The fourth-order valence-electron chi connectivity index (χ4n) is 2.86. The lowest BCUT2D eigenvalue weighted by molar-refractivity contribution is 0.412. The molecule has 0 bridgehead atoms. The topological polar surface area (TPSA) is 35.2 Å². The van der Waals surface area contributed by atoms with Gasteiger partial charge in [0.05, 0.1) is 12.6 Å². The van der Waals surface area contributed by atoms with E-state index < -0.39 is 17.2 Å². The number of halogens is 2. The van der Waals surface area contributed by atoms with Crippen LogP contribution in [-0.2, 0) is 12.0 Å². The van der Waals surface area contributed by atoms with Gasteiger partial charge in [-0.25, -0.2) is 8.78 Å². The maximum absolute atomic E-state index is 13.5. The molecule has 4 heteroatoms. The Labute approximate surface area is 116 Å². The second-order valence-electron chi connectivity index (χ2n) is 5.12. The quantitative estimate of drug-likeness (QED) is 0.914. The van der Waals surface area contributed by atoms with Crippen LogP contribution in [0.5, 0.6) is 5.75 Å². The summed E-state index contributed by atoms with van der Waals surface area (Å²) in [4.78, 5) is 0. The highest BCUT2D eigenvalue weighted by molar-refractivity contribution is 5.49. The standard InChI is InChI=1S/C16H15F2NO/c1-20-12-4-2-10-6-7-16(19,13(10)9-12)11-3-5-14(17)15(18)8-11/h2-5,8-9H,6-7,19H2,1H3. The third-order valence-corrected chi connectivity index (χ3v) is 4.02. The molecule has 0 heterocycles. The summed E-state index contributed by atoms with van der Waals surface area (Å²) in [5.74, 6) is -1.02. The van der Waals surface area contributed by atoms with Crippen LogP contribution in [0.3, 0.4) is 0 Å². The van der Waals surface area contributed by atoms with Crippen molar-refractivity contribution in [3.8, 4) is 5.75 Å². The average Bonchev–Trinajstić information content (AvgIpc) is 2.80. The fraction of sp³-hybridized carbons (Fsp3) is 0.250. The monoisotopic (exact) mass is 275 g/mol. The second-order valence-corrected chi connectivity index (χ2v) is 5.12. The number of nitrogens with two attached hydrogens (primary N) is 1. The molecule has 20 heavy (non-hydrogen) atoms. The molecule has 2 nitrogen and oxygen atoms in total. The Morgan fingerprint density at radius 1 is 1.10 bits per heavy atom. The fourth-order valence-corrected chi connectivity index (χ4v) is 2.86. The van der Waals surface area contributed by atoms with Crippen LogP contribution in [0.1, 0.15) is 23.1 Å². The molecule has 2 N–H and O–H groups in total. The number of aryl methyl sites for hydroxylation is 1. The summed E-state index contributed by atoms with van der Waals surface area (Å²) < 4.78 is 31.8. The van der Waals surface area contributed by atoms with E-state index in [2.05, 4.69) is 0 Å². The smallest absolute Gasteiger partial charge is 0.159 e. The van der Waals surface area contributed by atoms with Gasteiger partial charge in [-0.15, -0.1) is 0 Å². The average molecular weight is 275 g/mol.